The van der Waals surface area contributed by atoms with Crippen molar-refractivity contribution >= 4 is 34.1 Å². The minimum atomic E-state index is -0.987. The SMILES string of the molecule is CCC(=C(c1ccc(C=CC(=O)O)cc1)c1ccc2[nH]ncc2c1)c1cccc(Oc2ccc(F)cc2)c1. The number of ether oxygens (including phenoxy) is 1. The topological polar surface area (TPSA) is 75.2 Å². The van der Waals surface area contributed by atoms with Crippen molar-refractivity contribution in [3.63, 3.8) is 0 Å². The van der Waals surface area contributed by atoms with Crippen molar-refractivity contribution in [1.82, 2.24) is 10.2 Å². The zero-order chi connectivity index (χ0) is 26.5. The van der Waals surface area contributed by atoms with Crippen molar-refractivity contribution in [2.24, 2.45) is 0 Å². The molecule has 0 bridgehead atoms. The van der Waals surface area contributed by atoms with E-state index in [1.807, 2.05) is 48.5 Å². The quantitative estimate of drug-likeness (QED) is 0.166. The number of rotatable bonds is 8. The van der Waals surface area contributed by atoms with Crippen molar-refractivity contribution in [2.45, 2.75) is 13.3 Å². The van der Waals surface area contributed by atoms with E-state index >= 15 is 0 Å². The molecular formula is C32H25FN2O3. The van der Waals surface area contributed by atoms with Gasteiger partial charge in [-0.2, -0.15) is 5.10 Å². The molecule has 0 saturated heterocycles. The number of nitrogens with one attached hydrogen (secondary N) is 1. The lowest BCUT2D eigenvalue weighted by Gasteiger charge is -2.17. The Kier molecular flexibility index (Phi) is 7.13. The Morgan fingerprint density at radius 3 is 2.42 bits per heavy atom. The number of hydrogen-bond donors (Lipinski definition) is 2. The number of benzene rings is 4. The van der Waals surface area contributed by atoms with Crippen LogP contribution in [0.1, 0.15) is 35.6 Å². The standard InChI is InChI=1S/C32H25FN2O3/c1-2-29(23-4-3-5-28(19-23)38-27-14-12-26(33)13-15-27)32(24-11-16-30-25(18-24)20-34-35-30)22-9-6-21(7-10-22)8-17-31(36)37/h3-20H,2H2,1H3,(H,34,35)(H,36,37). The molecule has 6 heteroatoms. The first-order valence-electron chi connectivity index (χ1n) is 12.2. The first-order chi connectivity index (χ1) is 18.5. The van der Waals surface area contributed by atoms with Gasteiger partial charge >= 0.3 is 5.97 Å². The van der Waals surface area contributed by atoms with Crippen LogP contribution in [0.3, 0.4) is 0 Å². The Labute approximate surface area is 219 Å². The lowest BCUT2D eigenvalue weighted by atomic mass is 9.87. The molecule has 4 aromatic carbocycles. The minimum Gasteiger partial charge on any atom is -0.478 e. The summed E-state index contributed by atoms with van der Waals surface area (Å²) in [5.74, 6) is -0.0924. The van der Waals surface area contributed by atoms with Crippen molar-refractivity contribution in [3.05, 3.63) is 131 Å². The summed E-state index contributed by atoms with van der Waals surface area (Å²) in [7, 11) is 0. The Balaban J connectivity index is 1.62. The van der Waals surface area contributed by atoms with Gasteiger partial charge in [0.15, 0.2) is 0 Å². The summed E-state index contributed by atoms with van der Waals surface area (Å²) in [6.45, 7) is 2.11. The number of allylic oxidation sites excluding steroid dienone is 1. The van der Waals surface area contributed by atoms with E-state index in [4.69, 9.17) is 9.84 Å². The second-order valence-electron chi connectivity index (χ2n) is 8.76. The van der Waals surface area contributed by atoms with E-state index < -0.39 is 5.97 Å². The van der Waals surface area contributed by atoms with Gasteiger partial charge in [0.1, 0.15) is 17.3 Å². The second kappa shape index (κ2) is 11.0. The molecule has 0 atom stereocenters. The lowest BCUT2D eigenvalue weighted by Crippen LogP contribution is -1.96. The second-order valence-corrected chi connectivity index (χ2v) is 8.76. The summed E-state index contributed by atoms with van der Waals surface area (Å²) in [6, 6.07) is 27.8. The van der Waals surface area contributed by atoms with Crippen LogP contribution in [0, 0.1) is 5.82 Å². The number of H-pyrrole nitrogens is 1. The molecule has 0 aliphatic rings. The van der Waals surface area contributed by atoms with E-state index in [2.05, 4.69) is 35.3 Å². The molecule has 0 fully saturated rings. The molecule has 0 aliphatic heterocycles. The summed E-state index contributed by atoms with van der Waals surface area (Å²) in [5, 5.41) is 17.1. The highest BCUT2D eigenvalue weighted by molar-refractivity contribution is 6.00. The van der Waals surface area contributed by atoms with Crippen LogP contribution in [-0.4, -0.2) is 21.3 Å². The third-order valence-corrected chi connectivity index (χ3v) is 6.23. The fourth-order valence-corrected chi connectivity index (χ4v) is 4.45. The summed E-state index contributed by atoms with van der Waals surface area (Å²) < 4.78 is 19.3. The molecule has 5 aromatic rings. The lowest BCUT2D eigenvalue weighted by molar-refractivity contribution is -0.131. The van der Waals surface area contributed by atoms with Gasteiger partial charge in [-0.05, 0) is 94.4 Å². The van der Waals surface area contributed by atoms with Gasteiger partial charge in [-0.15, -0.1) is 0 Å². The monoisotopic (exact) mass is 504 g/mol. The fraction of sp³-hybridized carbons (Fsp3) is 0.0625. The van der Waals surface area contributed by atoms with E-state index in [9.17, 15) is 9.18 Å². The van der Waals surface area contributed by atoms with Crippen LogP contribution < -0.4 is 4.74 Å². The number of hydrogen-bond acceptors (Lipinski definition) is 3. The number of carboxylic acid groups (broad SMARTS) is 1. The normalized spacial score (nSPS) is 12.1. The number of fused-ring (bicyclic) bond motifs is 1. The molecule has 2 N–H and O–H groups in total. The Morgan fingerprint density at radius 1 is 0.921 bits per heavy atom. The maximum Gasteiger partial charge on any atom is 0.328 e. The molecule has 1 aromatic heterocycles. The van der Waals surface area contributed by atoms with Crippen LogP contribution in [0.4, 0.5) is 4.39 Å². The highest BCUT2D eigenvalue weighted by atomic mass is 19.1. The third kappa shape index (κ3) is 5.55. The molecular weight excluding hydrogens is 479 g/mol. The summed E-state index contributed by atoms with van der Waals surface area (Å²) in [4.78, 5) is 10.9. The van der Waals surface area contributed by atoms with Crippen LogP contribution >= 0.6 is 0 Å². The van der Waals surface area contributed by atoms with E-state index in [0.717, 1.165) is 56.8 Å². The molecule has 38 heavy (non-hydrogen) atoms. The van der Waals surface area contributed by atoms with E-state index in [1.54, 1.807) is 24.4 Å². The molecule has 0 spiro atoms. The predicted octanol–water partition coefficient (Wildman–Crippen LogP) is 7.96. The van der Waals surface area contributed by atoms with Crippen LogP contribution in [0.15, 0.2) is 103 Å². The number of aromatic amines is 1. The average molecular weight is 505 g/mol. The van der Waals surface area contributed by atoms with Gasteiger partial charge in [-0.1, -0.05) is 49.4 Å². The van der Waals surface area contributed by atoms with Crippen LogP contribution in [-0.2, 0) is 4.79 Å². The molecule has 5 rings (SSSR count). The Bertz CT molecular complexity index is 1650. The number of nitrogens with zero attached hydrogens (tertiary/aromatic N) is 1. The predicted molar refractivity (Wildman–Crippen MR) is 148 cm³/mol. The van der Waals surface area contributed by atoms with Gasteiger partial charge in [0.2, 0.25) is 0 Å². The molecule has 188 valence electrons. The smallest absolute Gasteiger partial charge is 0.328 e. The highest BCUT2D eigenvalue weighted by Crippen LogP contribution is 2.37. The zero-order valence-corrected chi connectivity index (χ0v) is 20.7. The number of aromatic nitrogens is 2. The fourth-order valence-electron chi connectivity index (χ4n) is 4.45. The maximum atomic E-state index is 13.3. The molecule has 0 amide bonds. The van der Waals surface area contributed by atoms with E-state index in [0.29, 0.717) is 11.5 Å². The molecule has 0 aliphatic carbocycles. The van der Waals surface area contributed by atoms with Gasteiger partial charge in [0.05, 0.1) is 11.7 Å². The van der Waals surface area contributed by atoms with Gasteiger partial charge in [-0.3, -0.25) is 5.10 Å². The van der Waals surface area contributed by atoms with Crippen LogP contribution in [0.5, 0.6) is 11.5 Å². The van der Waals surface area contributed by atoms with Gasteiger partial charge in [-0.25, -0.2) is 9.18 Å². The first-order valence-corrected chi connectivity index (χ1v) is 12.2. The number of carboxylic acids is 1. The zero-order valence-electron chi connectivity index (χ0n) is 20.7. The maximum absolute atomic E-state index is 13.3. The summed E-state index contributed by atoms with van der Waals surface area (Å²) in [5.41, 5.74) is 6.97. The van der Waals surface area contributed by atoms with E-state index in [-0.39, 0.29) is 5.82 Å². The van der Waals surface area contributed by atoms with Crippen molar-refractivity contribution in [1.29, 1.82) is 0 Å². The van der Waals surface area contributed by atoms with Crippen molar-refractivity contribution in [3.8, 4) is 11.5 Å². The number of carbonyl (C=O) groups is 1. The number of halogens is 1. The molecule has 0 unspecified atom stereocenters. The van der Waals surface area contributed by atoms with Crippen molar-refractivity contribution in [2.75, 3.05) is 0 Å². The average Bonchev–Trinajstić information content (AvgIpc) is 3.40. The largest absolute Gasteiger partial charge is 0.478 e. The molecule has 0 saturated carbocycles. The third-order valence-electron chi connectivity index (χ3n) is 6.23. The molecule has 5 nitrogen and oxygen atoms in total. The minimum absolute atomic E-state index is 0.314. The van der Waals surface area contributed by atoms with E-state index in [1.165, 1.54) is 12.1 Å². The number of aliphatic carboxylic acids is 1. The van der Waals surface area contributed by atoms with Crippen molar-refractivity contribution < 1.29 is 19.0 Å². The molecule has 1 heterocycles. The van der Waals surface area contributed by atoms with Gasteiger partial charge in [0, 0.05) is 11.5 Å². The Morgan fingerprint density at radius 2 is 1.68 bits per heavy atom. The Hall–Kier alpha value is -4.97. The van der Waals surface area contributed by atoms with Crippen LogP contribution in [0.25, 0.3) is 28.1 Å². The summed E-state index contributed by atoms with van der Waals surface area (Å²) >= 11 is 0. The highest BCUT2D eigenvalue weighted by Gasteiger charge is 2.15. The molecule has 0 radical (unpaired) electrons. The summed E-state index contributed by atoms with van der Waals surface area (Å²) in [6.07, 6.45) is 5.26. The van der Waals surface area contributed by atoms with Gasteiger partial charge in [0.25, 0.3) is 0 Å². The first kappa shape index (κ1) is 24.7. The van der Waals surface area contributed by atoms with Gasteiger partial charge < -0.3 is 9.84 Å². The van der Waals surface area contributed by atoms with Crippen LogP contribution in [0.2, 0.25) is 0 Å².